The molecule has 25 rings (SSSR count). The Balaban J connectivity index is 0.000000147. The van der Waals surface area contributed by atoms with Gasteiger partial charge in [-0.1, -0.05) is 328 Å². The van der Waals surface area contributed by atoms with E-state index in [4.69, 9.17) is 29.9 Å². The SMILES string of the molecule is C.C.CC1(C)c2ccccc2-c2cc3c4ccc(-c5cccc(-c6cc(-c7nc(-c8ccccc8)nc(-c8ccccc8)n7)c7sc8ccccc8c7c6)c5)cc4n(-c4ccccc4)c3cc21.CC1(C)c2ccccc2-c2cc3c4ccccc4n(-c4cccc(-c5cc(-c6nc(-c7ccccc7)nc(-c7ccccc7)n6)c6sc7ccccc7c6c5)c4)c3cc21. The molecule has 0 spiro atoms. The zero-order valence-corrected chi connectivity index (χ0v) is 70.0. The molecule has 17 aromatic carbocycles. The van der Waals surface area contributed by atoms with E-state index in [2.05, 4.69) is 352 Å². The third kappa shape index (κ3) is 12.6. The molecule has 126 heavy (non-hydrogen) atoms. The Morgan fingerprint density at radius 2 is 0.540 bits per heavy atom. The molecular formula is C116H84N8S2. The van der Waals surface area contributed by atoms with Crippen molar-refractivity contribution in [2.24, 2.45) is 0 Å². The summed E-state index contributed by atoms with van der Waals surface area (Å²) in [6, 6.07) is 140. The minimum absolute atomic E-state index is 0. The summed E-state index contributed by atoms with van der Waals surface area (Å²) in [6.07, 6.45) is 0. The quantitative estimate of drug-likeness (QED) is 0.128. The van der Waals surface area contributed by atoms with Crippen LogP contribution in [0, 0.1) is 0 Å². The van der Waals surface area contributed by atoms with E-state index in [1.54, 1.807) is 22.7 Å². The van der Waals surface area contributed by atoms with Crippen molar-refractivity contribution >= 4 is 107 Å². The van der Waals surface area contributed by atoms with Crippen LogP contribution in [0.4, 0.5) is 0 Å². The first kappa shape index (κ1) is 76.9. The first-order valence-corrected chi connectivity index (χ1v) is 43.9. The first-order chi connectivity index (χ1) is 60.9. The highest BCUT2D eigenvalue weighted by atomic mass is 32.1. The van der Waals surface area contributed by atoms with Crippen molar-refractivity contribution < 1.29 is 0 Å². The lowest BCUT2D eigenvalue weighted by molar-refractivity contribution is 0.661. The minimum Gasteiger partial charge on any atom is -0.309 e. The highest BCUT2D eigenvalue weighted by Gasteiger charge is 2.38. The van der Waals surface area contributed by atoms with Crippen molar-refractivity contribution in [3.05, 3.63) is 411 Å². The number of hydrogen-bond acceptors (Lipinski definition) is 8. The van der Waals surface area contributed by atoms with Gasteiger partial charge in [0.1, 0.15) is 0 Å². The van der Waals surface area contributed by atoms with Crippen LogP contribution in [0.15, 0.2) is 388 Å². The third-order valence-electron chi connectivity index (χ3n) is 25.7. The molecule has 8 nitrogen and oxygen atoms in total. The summed E-state index contributed by atoms with van der Waals surface area (Å²) < 4.78 is 9.70. The normalized spacial score (nSPS) is 12.8. The van der Waals surface area contributed by atoms with E-state index in [-0.39, 0.29) is 25.7 Å². The average molecular weight is 1650 g/mol. The van der Waals surface area contributed by atoms with Gasteiger partial charge in [-0.2, -0.15) is 0 Å². The summed E-state index contributed by atoms with van der Waals surface area (Å²) >= 11 is 3.59. The lowest BCUT2D eigenvalue weighted by Crippen LogP contribution is -2.14. The van der Waals surface area contributed by atoms with E-state index < -0.39 is 0 Å². The van der Waals surface area contributed by atoms with Crippen LogP contribution in [0.25, 0.3) is 219 Å². The van der Waals surface area contributed by atoms with Gasteiger partial charge in [-0.25, -0.2) is 29.9 Å². The van der Waals surface area contributed by atoms with Gasteiger partial charge in [0.2, 0.25) is 0 Å². The average Bonchev–Trinajstić information content (AvgIpc) is 1.55. The molecule has 6 heterocycles. The number of aromatic nitrogens is 8. The summed E-state index contributed by atoms with van der Waals surface area (Å²) in [4.78, 5) is 30.9. The fourth-order valence-corrected chi connectivity index (χ4v) is 22.0. The Kier molecular flexibility index (Phi) is 18.5. The van der Waals surface area contributed by atoms with Crippen molar-refractivity contribution in [2.75, 3.05) is 0 Å². The molecule has 0 saturated heterocycles. The summed E-state index contributed by atoms with van der Waals surface area (Å²) in [6.45, 7) is 9.44. The van der Waals surface area contributed by atoms with Crippen molar-refractivity contribution in [2.45, 2.75) is 53.4 Å². The maximum Gasteiger partial charge on any atom is 0.165 e. The monoisotopic (exact) mass is 1650 g/mol. The van der Waals surface area contributed by atoms with Crippen LogP contribution in [0.1, 0.15) is 64.8 Å². The molecule has 0 bridgehead atoms. The predicted octanol–water partition coefficient (Wildman–Crippen LogP) is 31.6. The van der Waals surface area contributed by atoms with Gasteiger partial charge >= 0.3 is 0 Å². The van der Waals surface area contributed by atoms with E-state index in [9.17, 15) is 0 Å². The minimum atomic E-state index is -0.103. The third-order valence-corrected chi connectivity index (χ3v) is 28.1. The molecule has 0 unspecified atom stereocenters. The zero-order valence-electron chi connectivity index (χ0n) is 68.3. The number of nitrogens with zero attached hydrogens (tertiary/aromatic N) is 8. The fraction of sp³-hybridized carbons (Fsp3) is 0.0690. The molecule has 0 atom stereocenters. The number of para-hydroxylation sites is 2. The van der Waals surface area contributed by atoms with Gasteiger partial charge in [-0.05, 0) is 181 Å². The zero-order chi connectivity index (χ0) is 82.5. The van der Waals surface area contributed by atoms with Gasteiger partial charge in [0.25, 0.3) is 0 Å². The van der Waals surface area contributed by atoms with Crippen LogP contribution in [-0.4, -0.2) is 39.0 Å². The Bertz CT molecular complexity index is 8170. The Morgan fingerprint density at radius 3 is 1.02 bits per heavy atom. The standard InChI is InChI=1S/C60H40N4S.C54H36N4S.2CH4/c1-60(2)51-27-14-12-25-44(51)47-35-48-45-30-29-41(34-53(45)64(54(48)36-52(47)60)43-23-10-5-11-24-43)39-21-16-22-40(31-39)42-32-49-46-26-13-15-28-55(46)65-56(49)50(33-42)59-62-57(37-17-6-3-7-18-37)61-58(63-59)38-19-8-4-9-20-38;1-54(2)45-25-12-9-22-38(45)41-31-42-39-23-10-13-26-47(39)58(48(42)32-46(41)54)37-21-15-20-35(28-37)36-29-43-40-24-11-14-27-49(40)59-50(43)44(30-36)53-56-51(33-16-5-3-6-17-33)55-52(57-53)34-18-7-4-8-19-34;;/h3-36H,1-2H3;3-32H,1-2H3;2*1H4. The molecule has 0 radical (unpaired) electrons. The molecule has 0 amide bonds. The highest BCUT2D eigenvalue weighted by Crippen LogP contribution is 2.55. The summed E-state index contributed by atoms with van der Waals surface area (Å²) in [5.74, 6) is 3.92. The summed E-state index contributed by atoms with van der Waals surface area (Å²) in [7, 11) is 0. The summed E-state index contributed by atoms with van der Waals surface area (Å²) in [5.41, 5.74) is 30.4. The van der Waals surface area contributed by atoms with Crippen molar-refractivity contribution in [3.8, 4) is 135 Å². The van der Waals surface area contributed by atoms with Gasteiger partial charge in [0.05, 0.1) is 22.1 Å². The number of benzene rings is 17. The van der Waals surface area contributed by atoms with Gasteiger partial charge in [-0.3, -0.25) is 0 Å². The Labute approximate surface area is 739 Å². The number of rotatable bonds is 11. The predicted molar refractivity (Wildman–Crippen MR) is 532 cm³/mol. The molecule has 600 valence electrons. The van der Waals surface area contributed by atoms with Crippen LogP contribution in [0.5, 0.6) is 0 Å². The molecular weight excluding hydrogens is 1570 g/mol. The van der Waals surface area contributed by atoms with Crippen LogP contribution in [-0.2, 0) is 10.8 Å². The number of hydrogen-bond donors (Lipinski definition) is 0. The molecule has 2 aliphatic rings. The van der Waals surface area contributed by atoms with Crippen LogP contribution in [0.3, 0.4) is 0 Å². The van der Waals surface area contributed by atoms with Crippen LogP contribution >= 0.6 is 22.7 Å². The molecule has 6 aromatic heterocycles. The van der Waals surface area contributed by atoms with Gasteiger partial charge < -0.3 is 9.13 Å². The van der Waals surface area contributed by atoms with E-state index >= 15 is 0 Å². The molecule has 10 heteroatoms. The van der Waals surface area contributed by atoms with E-state index in [0.717, 1.165) is 87.5 Å². The van der Waals surface area contributed by atoms with Crippen molar-refractivity contribution in [3.63, 3.8) is 0 Å². The van der Waals surface area contributed by atoms with Crippen LogP contribution < -0.4 is 0 Å². The van der Waals surface area contributed by atoms with E-state index in [1.165, 1.54) is 119 Å². The van der Waals surface area contributed by atoms with E-state index in [1.807, 2.05) is 72.8 Å². The van der Waals surface area contributed by atoms with Crippen LogP contribution in [0.2, 0.25) is 0 Å². The second kappa shape index (κ2) is 30.4. The van der Waals surface area contributed by atoms with Crippen molar-refractivity contribution in [1.82, 2.24) is 39.0 Å². The van der Waals surface area contributed by atoms with Gasteiger partial charge in [0.15, 0.2) is 34.9 Å². The van der Waals surface area contributed by atoms with Crippen molar-refractivity contribution in [1.29, 1.82) is 0 Å². The molecule has 0 saturated carbocycles. The van der Waals surface area contributed by atoms with Gasteiger partial charge in [0, 0.05) is 117 Å². The molecule has 23 aromatic rings. The number of fused-ring (bicyclic) bond motifs is 18. The fourth-order valence-electron chi connectivity index (χ4n) is 19.6. The van der Waals surface area contributed by atoms with E-state index in [0.29, 0.717) is 34.9 Å². The Hall–Kier alpha value is -15.2. The molecule has 0 fully saturated rings. The molecule has 0 aliphatic heterocycles. The highest BCUT2D eigenvalue weighted by molar-refractivity contribution is 7.26. The lowest BCUT2D eigenvalue weighted by Gasteiger charge is -2.21. The van der Waals surface area contributed by atoms with Gasteiger partial charge in [-0.15, -0.1) is 22.7 Å². The summed E-state index contributed by atoms with van der Waals surface area (Å²) in [5, 5.41) is 9.88. The lowest BCUT2D eigenvalue weighted by atomic mass is 9.82. The molecule has 2 aliphatic carbocycles. The maximum atomic E-state index is 5.22. The second-order valence-electron chi connectivity index (χ2n) is 33.6. The first-order valence-electron chi connectivity index (χ1n) is 42.3. The second-order valence-corrected chi connectivity index (χ2v) is 35.7. The largest absolute Gasteiger partial charge is 0.309 e. The number of thiophene rings is 2. The molecule has 0 N–H and O–H groups in total. The Morgan fingerprint density at radius 1 is 0.198 bits per heavy atom. The smallest absolute Gasteiger partial charge is 0.165 e. The maximum absolute atomic E-state index is 5.22. The topological polar surface area (TPSA) is 87.2 Å².